The fraction of sp³-hybridized carbons (Fsp3) is 0.389. The van der Waals surface area contributed by atoms with Gasteiger partial charge in [0.25, 0.3) is 0 Å². The number of nitrogens with one attached hydrogen (secondary N) is 1. The van der Waals surface area contributed by atoms with E-state index in [0.717, 1.165) is 12.4 Å². The van der Waals surface area contributed by atoms with Gasteiger partial charge in [0.15, 0.2) is 5.78 Å². The van der Waals surface area contributed by atoms with Gasteiger partial charge in [-0.25, -0.2) is 4.98 Å². The molecule has 6 heteroatoms. The molecule has 1 aromatic heterocycles. The molecule has 126 valence electrons. The highest BCUT2D eigenvalue weighted by Gasteiger charge is 2.30. The average Bonchev–Trinajstić information content (AvgIpc) is 3.06. The number of imidazole rings is 1. The molecule has 24 heavy (non-hydrogen) atoms. The molecule has 3 rings (SSSR count). The van der Waals surface area contributed by atoms with Crippen LogP contribution in [0.1, 0.15) is 35.1 Å². The molecule has 0 spiro atoms. The molecule has 0 aliphatic carbocycles. The predicted molar refractivity (Wildman–Crippen MR) is 90.5 cm³/mol. The Morgan fingerprint density at radius 3 is 2.75 bits per heavy atom. The van der Waals surface area contributed by atoms with E-state index in [1.807, 2.05) is 40.9 Å². The minimum absolute atomic E-state index is 0.00706. The smallest absolute Gasteiger partial charge is 0.223 e. The Bertz CT molecular complexity index is 711. The molecule has 0 saturated carbocycles. The van der Waals surface area contributed by atoms with E-state index in [2.05, 4.69) is 10.3 Å². The third kappa shape index (κ3) is 3.54. The number of aryl methyl sites for hydroxylation is 1. The van der Waals surface area contributed by atoms with Gasteiger partial charge in [0, 0.05) is 57.5 Å². The molecule has 1 saturated heterocycles. The zero-order valence-electron chi connectivity index (χ0n) is 13.8. The first-order valence-corrected chi connectivity index (χ1v) is 8.22. The molecule has 1 aliphatic heterocycles. The van der Waals surface area contributed by atoms with E-state index in [4.69, 9.17) is 0 Å². The summed E-state index contributed by atoms with van der Waals surface area (Å²) >= 11 is 0. The quantitative estimate of drug-likeness (QED) is 0.847. The number of hydrogen-bond acceptors (Lipinski definition) is 4. The van der Waals surface area contributed by atoms with Gasteiger partial charge in [0.05, 0.1) is 0 Å². The van der Waals surface area contributed by atoms with Crippen molar-refractivity contribution in [2.75, 3.05) is 19.6 Å². The highest BCUT2D eigenvalue weighted by atomic mass is 16.2. The minimum Gasteiger partial charge on any atom is -0.336 e. The number of rotatable bonds is 5. The van der Waals surface area contributed by atoms with Crippen molar-refractivity contribution in [3.8, 4) is 0 Å². The highest BCUT2D eigenvalue weighted by molar-refractivity contribution is 5.97. The molecule has 1 aliphatic rings. The van der Waals surface area contributed by atoms with Crippen LogP contribution in [0.3, 0.4) is 0 Å². The highest BCUT2D eigenvalue weighted by Crippen LogP contribution is 2.21. The first-order chi connectivity index (χ1) is 11.7. The molecular formula is C18H22N4O2. The third-order valence-corrected chi connectivity index (χ3v) is 4.38. The Morgan fingerprint density at radius 1 is 1.25 bits per heavy atom. The lowest BCUT2D eigenvalue weighted by atomic mass is 10.1. The van der Waals surface area contributed by atoms with Crippen molar-refractivity contribution >= 4 is 11.7 Å². The largest absolute Gasteiger partial charge is 0.336 e. The Labute approximate surface area is 141 Å². The van der Waals surface area contributed by atoms with Gasteiger partial charge in [-0.15, -0.1) is 0 Å². The van der Waals surface area contributed by atoms with Crippen molar-refractivity contribution in [1.29, 1.82) is 0 Å². The summed E-state index contributed by atoms with van der Waals surface area (Å²) < 4.78 is 1.94. The van der Waals surface area contributed by atoms with Gasteiger partial charge in [-0.1, -0.05) is 30.3 Å². The molecule has 0 radical (unpaired) electrons. The molecule has 1 unspecified atom stereocenters. The van der Waals surface area contributed by atoms with Crippen LogP contribution in [-0.4, -0.2) is 45.8 Å². The lowest BCUT2D eigenvalue weighted by Gasteiger charge is -2.35. The molecule has 2 aromatic rings. The fourth-order valence-electron chi connectivity index (χ4n) is 3.06. The van der Waals surface area contributed by atoms with E-state index >= 15 is 0 Å². The van der Waals surface area contributed by atoms with E-state index < -0.39 is 0 Å². The molecule has 1 fully saturated rings. The van der Waals surface area contributed by atoms with Gasteiger partial charge >= 0.3 is 0 Å². The second-order valence-electron chi connectivity index (χ2n) is 5.99. The lowest BCUT2D eigenvalue weighted by molar-refractivity contribution is -0.134. The second kappa shape index (κ2) is 7.40. The molecular weight excluding hydrogens is 304 g/mol. The number of amides is 1. The van der Waals surface area contributed by atoms with Gasteiger partial charge in [0.1, 0.15) is 11.9 Å². The Balaban J connectivity index is 1.64. The minimum atomic E-state index is -0.0851. The number of aromatic nitrogens is 2. The SMILES string of the molecule is Cn1ccnc1C1CNCCN1C(=O)CCC(=O)c1ccccc1. The zero-order chi connectivity index (χ0) is 16.9. The first-order valence-electron chi connectivity index (χ1n) is 8.22. The maximum absolute atomic E-state index is 12.7. The van der Waals surface area contributed by atoms with Gasteiger partial charge in [-0.05, 0) is 0 Å². The topological polar surface area (TPSA) is 67.2 Å². The lowest BCUT2D eigenvalue weighted by Crippen LogP contribution is -2.49. The summed E-state index contributed by atoms with van der Waals surface area (Å²) in [5.74, 6) is 0.881. The van der Waals surface area contributed by atoms with E-state index in [9.17, 15) is 9.59 Å². The van der Waals surface area contributed by atoms with Gasteiger partial charge in [-0.2, -0.15) is 0 Å². The van der Waals surface area contributed by atoms with Crippen molar-refractivity contribution in [2.45, 2.75) is 18.9 Å². The molecule has 2 heterocycles. The van der Waals surface area contributed by atoms with Crippen LogP contribution in [0, 0.1) is 0 Å². The maximum atomic E-state index is 12.7. The van der Waals surface area contributed by atoms with Crippen molar-refractivity contribution in [2.24, 2.45) is 7.05 Å². The van der Waals surface area contributed by atoms with Crippen LogP contribution < -0.4 is 5.32 Å². The summed E-state index contributed by atoms with van der Waals surface area (Å²) in [7, 11) is 1.93. The molecule has 1 amide bonds. The van der Waals surface area contributed by atoms with E-state index in [1.54, 1.807) is 18.3 Å². The number of benzene rings is 1. The number of Topliss-reactive ketones (excluding diaryl/α,β-unsaturated/α-hetero) is 1. The third-order valence-electron chi connectivity index (χ3n) is 4.38. The number of nitrogens with zero attached hydrogens (tertiary/aromatic N) is 3. The molecule has 6 nitrogen and oxygen atoms in total. The first kappa shape index (κ1) is 16.4. The van der Waals surface area contributed by atoms with Gasteiger partial charge in [0.2, 0.25) is 5.91 Å². The number of carbonyl (C=O) groups is 2. The summed E-state index contributed by atoms with van der Waals surface area (Å²) in [6.07, 6.45) is 4.09. The molecule has 0 bridgehead atoms. The van der Waals surface area contributed by atoms with Crippen molar-refractivity contribution in [1.82, 2.24) is 19.8 Å². The maximum Gasteiger partial charge on any atom is 0.223 e. The number of ketones is 1. The molecule has 1 atom stereocenters. The monoisotopic (exact) mass is 326 g/mol. The summed E-state index contributed by atoms with van der Waals surface area (Å²) in [5.41, 5.74) is 0.659. The van der Waals surface area contributed by atoms with Crippen LogP contribution in [0.25, 0.3) is 0 Å². The van der Waals surface area contributed by atoms with Gasteiger partial charge < -0.3 is 14.8 Å². The number of piperazine rings is 1. The Kier molecular flexibility index (Phi) is 5.05. The van der Waals surface area contributed by atoms with Crippen LogP contribution in [-0.2, 0) is 11.8 Å². The fourth-order valence-corrected chi connectivity index (χ4v) is 3.06. The van der Waals surface area contributed by atoms with Crippen LogP contribution in [0.15, 0.2) is 42.7 Å². The van der Waals surface area contributed by atoms with Crippen LogP contribution >= 0.6 is 0 Å². The summed E-state index contributed by atoms with van der Waals surface area (Å²) in [6.45, 7) is 2.08. The number of hydrogen-bond donors (Lipinski definition) is 1. The van der Waals surface area contributed by atoms with E-state index in [0.29, 0.717) is 18.7 Å². The summed E-state index contributed by atoms with van der Waals surface area (Å²) in [6, 6.07) is 9.03. The van der Waals surface area contributed by atoms with Crippen molar-refractivity contribution in [3.05, 3.63) is 54.1 Å². The Hall–Kier alpha value is -2.47. The van der Waals surface area contributed by atoms with Crippen molar-refractivity contribution < 1.29 is 9.59 Å². The second-order valence-corrected chi connectivity index (χ2v) is 5.99. The van der Waals surface area contributed by atoms with Crippen molar-refractivity contribution in [3.63, 3.8) is 0 Å². The molecule has 1 aromatic carbocycles. The van der Waals surface area contributed by atoms with E-state index in [-0.39, 0.29) is 30.6 Å². The van der Waals surface area contributed by atoms with E-state index in [1.165, 1.54) is 0 Å². The van der Waals surface area contributed by atoms with Gasteiger partial charge in [-0.3, -0.25) is 9.59 Å². The summed E-state index contributed by atoms with van der Waals surface area (Å²) in [5, 5.41) is 3.31. The zero-order valence-corrected chi connectivity index (χ0v) is 13.8. The standard InChI is InChI=1S/C18H22N4O2/c1-21-11-10-20-18(21)15-13-19-9-12-22(15)17(24)8-7-16(23)14-5-3-2-4-6-14/h2-6,10-11,15,19H,7-9,12-13H2,1H3. The average molecular weight is 326 g/mol. The van der Waals surface area contributed by atoms with Crippen LogP contribution in [0.4, 0.5) is 0 Å². The number of carbonyl (C=O) groups excluding carboxylic acids is 2. The Morgan fingerprint density at radius 2 is 2.04 bits per heavy atom. The van der Waals surface area contributed by atoms with Crippen LogP contribution in [0.2, 0.25) is 0 Å². The normalized spacial score (nSPS) is 17.7. The predicted octanol–water partition coefficient (Wildman–Crippen LogP) is 1.56. The van der Waals surface area contributed by atoms with Crippen LogP contribution in [0.5, 0.6) is 0 Å². The summed E-state index contributed by atoms with van der Waals surface area (Å²) in [4.78, 5) is 31.1. The molecule has 1 N–H and O–H groups in total.